The molecule has 0 spiro atoms. The van der Waals surface area contributed by atoms with Crippen LogP contribution in [0.15, 0.2) is 0 Å². The van der Waals surface area contributed by atoms with Crippen LogP contribution in [-0.2, 0) is 23.7 Å². The molecule has 0 aliphatic carbocycles. The zero-order chi connectivity index (χ0) is 14.1. The van der Waals surface area contributed by atoms with Gasteiger partial charge in [-0.05, 0) is 6.92 Å². The summed E-state index contributed by atoms with van der Waals surface area (Å²) in [6, 6.07) is 0. The van der Waals surface area contributed by atoms with Gasteiger partial charge in [0.2, 0.25) is 0 Å². The fraction of sp³-hybridized carbons (Fsp3) is 1.00. The summed E-state index contributed by atoms with van der Waals surface area (Å²) in [7, 11) is 3.24. The van der Waals surface area contributed by atoms with Gasteiger partial charge < -0.3 is 28.8 Å². The monoisotopic (exact) mass is 278 g/mol. The van der Waals surface area contributed by atoms with Crippen LogP contribution in [0, 0.1) is 5.41 Å². The predicted molar refractivity (Wildman–Crippen MR) is 69.2 cm³/mol. The molecule has 19 heavy (non-hydrogen) atoms. The smallest absolute Gasteiger partial charge is 0.104 e. The van der Waals surface area contributed by atoms with E-state index in [1.165, 1.54) is 0 Å². The Balaban J connectivity index is 2.32. The third-order valence-corrected chi connectivity index (χ3v) is 3.06. The van der Waals surface area contributed by atoms with Crippen molar-refractivity contribution in [2.75, 3.05) is 60.5 Å². The van der Waals surface area contributed by atoms with E-state index in [0.717, 1.165) is 6.61 Å². The maximum atomic E-state index is 9.61. The highest BCUT2D eigenvalue weighted by Gasteiger charge is 2.32. The first-order valence-corrected chi connectivity index (χ1v) is 6.55. The van der Waals surface area contributed by atoms with Crippen molar-refractivity contribution in [2.24, 2.45) is 5.41 Å². The van der Waals surface area contributed by atoms with Gasteiger partial charge in [-0.15, -0.1) is 0 Å². The van der Waals surface area contributed by atoms with E-state index in [4.69, 9.17) is 23.7 Å². The van der Waals surface area contributed by atoms with Crippen LogP contribution in [0.25, 0.3) is 0 Å². The quantitative estimate of drug-likeness (QED) is 0.510. The number of rotatable bonds is 12. The first-order chi connectivity index (χ1) is 9.15. The first kappa shape index (κ1) is 16.8. The molecule has 0 aromatic heterocycles. The number of aliphatic hydroxyl groups is 1. The molecule has 6 heteroatoms. The van der Waals surface area contributed by atoms with Crippen LogP contribution in [0.1, 0.15) is 6.92 Å². The second kappa shape index (κ2) is 8.84. The number of hydrogen-bond acceptors (Lipinski definition) is 6. The van der Waals surface area contributed by atoms with Gasteiger partial charge in [-0.1, -0.05) is 0 Å². The summed E-state index contributed by atoms with van der Waals surface area (Å²) in [5.41, 5.74) is -0.531. The first-order valence-electron chi connectivity index (χ1n) is 6.55. The maximum absolute atomic E-state index is 9.61. The molecular formula is C13H26O6. The summed E-state index contributed by atoms with van der Waals surface area (Å²) in [5.74, 6) is 0. The van der Waals surface area contributed by atoms with Crippen molar-refractivity contribution in [3.63, 3.8) is 0 Å². The van der Waals surface area contributed by atoms with E-state index in [9.17, 15) is 5.11 Å². The van der Waals surface area contributed by atoms with Gasteiger partial charge in [-0.2, -0.15) is 0 Å². The molecule has 0 saturated carbocycles. The van der Waals surface area contributed by atoms with Crippen molar-refractivity contribution in [2.45, 2.75) is 19.1 Å². The van der Waals surface area contributed by atoms with Gasteiger partial charge in [0.05, 0.1) is 57.8 Å². The molecule has 3 atom stereocenters. The molecule has 1 fully saturated rings. The van der Waals surface area contributed by atoms with E-state index in [0.29, 0.717) is 33.0 Å². The lowest BCUT2D eigenvalue weighted by atomic mass is 9.92. The van der Waals surface area contributed by atoms with Gasteiger partial charge >= 0.3 is 0 Å². The Morgan fingerprint density at radius 1 is 1.26 bits per heavy atom. The third kappa shape index (κ3) is 6.65. The van der Waals surface area contributed by atoms with Crippen LogP contribution in [0.2, 0.25) is 0 Å². The largest absolute Gasteiger partial charge is 0.396 e. The number of aliphatic hydroxyl groups excluding tert-OH is 1. The van der Waals surface area contributed by atoms with Gasteiger partial charge in [0.25, 0.3) is 0 Å². The summed E-state index contributed by atoms with van der Waals surface area (Å²) in [6.07, 6.45) is 0.244. The molecule has 6 nitrogen and oxygen atoms in total. The Morgan fingerprint density at radius 3 is 2.47 bits per heavy atom. The second-order valence-electron chi connectivity index (χ2n) is 5.12. The molecule has 0 radical (unpaired) electrons. The fourth-order valence-corrected chi connectivity index (χ4v) is 1.65. The molecule has 1 rings (SSSR count). The average molecular weight is 278 g/mol. The maximum Gasteiger partial charge on any atom is 0.104 e. The molecule has 3 unspecified atom stereocenters. The fourth-order valence-electron chi connectivity index (χ4n) is 1.65. The molecular weight excluding hydrogens is 252 g/mol. The average Bonchev–Trinajstić information content (AvgIpc) is 3.22. The van der Waals surface area contributed by atoms with Gasteiger partial charge in [0.1, 0.15) is 6.10 Å². The lowest BCUT2D eigenvalue weighted by Crippen LogP contribution is -2.41. The standard InChI is InChI=1S/C13H26O6/c1-11(16-3)4-17-9-13(7-14,8-15-2)10-18-5-12-6-19-12/h11-12,14H,4-10H2,1-3H3. The van der Waals surface area contributed by atoms with Gasteiger partial charge in [-0.3, -0.25) is 0 Å². The Morgan fingerprint density at radius 2 is 1.95 bits per heavy atom. The van der Waals surface area contributed by atoms with Crippen molar-refractivity contribution in [3.05, 3.63) is 0 Å². The van der Waals surface area contributed by atoms with E-state index in [1.54, 1.807) is 14.2 Å². The number of ether oxygens (including phenoxy) is 5. The SMILES string of the molecule is COCC(CO)(COCC(C)OC)COCC1CO1. The van der Waals surface area contributed by atoms with E-state index in [2.05, 4.69) is 0 Å². The number of methoxy groups -OCH3 is 2. The Hall–Kier alpha value is -0.240. The van der Waals surface area contributed by atoms with Gasteiger partial charge in [0.15, 0.2) is 0 Å². The molecule has 1 saturated heterocycles. The van der Waals surface area contributed by atoms with E-state index >= 15 is 0 Å². The third-order valence-electron chi connectivity index (χ3n) is 3.06. The van der Waals surface area contributed by atoms with E-state index in [-0.39, 0.29) is 18.8 Å². The zero-order valence-corrected chi connectivity index (χ0v) is 12.1. The highest BCUT2D eigenvalue weighted by Crippen LogP contribution is 2.20. The number of hydrogen-bond donors (Lipinski definition) is 1. The Labute approximate surface area is 114 Å². The van der Waals surface area contributed by atoms with E-state index < -0.39 is 5.41 Å². The molecule has 1 N–H and O–H groups in total. The molecule has 0 amide bonds. The van der Waals surface area contributed by atoms with Gasteiger partial charge in [0, 0.05) is 14.2 Å². The molecule has 114 valence electrons. The minimum absolute atomic E-state index is 0.0275. The van der Waals surface area contributed by atoms with Crippen molar-refractivity contribution in [3.8, 4) is 0 Å². The van der Waals surface area contributed by atoms with Crippen LogP contribution >= 0.6 is 0 Å². The molecule has 1 aliphatic heterocycles. The van der Waals surface area contributed by atoms with Crippen LogP contribution in [0.4, 0.5) is 0 Å². The van der Waals surface area contributed by atoms with Crippen LogP contribution in [0.3, 0.4) is 0 Å². The minimum Gasteiger partial charge on any atom is -0.396 e. The highest BCUT2D eigenvalue weighted by molar-refractivity contribution is 4.79. The molecule has 1 aliphatic rings. The van der Waals surface area contributed by atoms with Crippen LogP contribution in [-0.4, -0.2) is 77.8 Å². The Bertz CT molecular complexity index is 233. The number of epoxide rings is 1. The minimum atomic E-state index is -0.531. The van der Waals surface area contributed by atoms with Gasteiger partial charge in [-0.25, -0.2) is 0 Å². The molecule has 0 aromatic carbocycles. The van der Waals surface area contributed by atoms with Crippen molar-refractivity contribution < 1.29 is 28.8 Å². The zero-order valence-electron chi connectivity index (χ0n) is 12.1. The molecule has 0 bridgehead atoms. The lowest BCUT2D eigenvalue weighted by molar-refractivity contribution is -0.0977. The van der Waals surface area contributed by atoms with E-state index in [1.807, 2.05) is 6.92 Å². The summed E-state index contributed by atoms with van der Waals surface area (Å²) in [6.45, 7) is 4.82. The second-order valence-corrected chi connectivity index (χ2v) is 5.12. The molecule has 0 aromatic rings. The van der Waals surface area contributed by atoms with Crippen LogP contribution < -0.4 is 0 Å². The predicted octanol–water partition coefficient (Wildman–Crippen LogP) is 0.0784. The lowest BCUT2D eigenvalue weighted by Gasteiger charge is -2.30. The van der Waals surface area contributed by atoms with Crippen molar-refractivity contribution >= 4 is 0 Å². The van der Waals surface area contributed by atoms with Crippen LogP contribution in [0.5, 0.6) is 0 Å². The van der Waals surface area contributed by atoms with Crippen molar-refractivity contribution in [1.29, 1.82) is 0 Å². The summed E-state index contributed by atoms with van der Waals surface area (Å²) in [4.78, 5) is 0. The topological polar surface area (TPSA) is 69.7 Å². The molecule has 1 heterocycles. The Kier molecular flexibility index (Phi) is 7.82. The van der Waals surface area contributed by atoms with Crippen molar-refractivity contribution in [1.82, 2.24) is 0 Å². The highest BCUT2D eigenvalue weighted by atomic mass is 16.6. The normalized spacial score (nSPS) is 23.1. The summed E-state index contributed by atoms with van der Waals surface area (Å²) >= 11 is 0. The summed E-state index contributed by atoms with van der Waals surface area (Å²) < 4.78 is 26.5. The summed E-state index contributed by atoms with van der Waals surface area (Å²) in [5, 5.41) is 9.61.